The first-order valence-corrected chi connectivity index (χ1v) is 5.53. The number of tetrazole rings is 1. The molecule has 9 heteroatoms. The zero-order valence-electron chi connectivity index (χ0n) is 9.19. The van der Waals surface area contributed by atoms with E-state index in [0.29, 0.717) is 5.69 Å². The third-order valence-corrected chi connectivity index (χ3v) is 2.83. The SMILES string of the molecule is Cn1nnc(NC(=O)c2cc(N)cc(Cl)c2Cl)n1. The molecule has 0 aliphatic carbocycles. The van der Waals surface area contributed by atoms with E-state index < -0.39 is 5.91 Å². The topological polar surface area (TPSA) is 98.7 Å². The molecule has 0 saturated carbocycles. The average molecular weight is 287 g/mol. The van der Waals surface area contributed by atoms with Crippen molar-refractivity contribution in [3.63, 3.8) is 0 Å². The molecule has 1 amide bonds. The molecule has 0 atom stereocenters. The number of carbonyl (C=O) groups excluding carboxylic acids is 1. The van der Waals surface area contributed by atoms with Crippen LogP contribution in [0.1, 0.15) is 10.4 Å². The van der Waals surface area contributed by atoms with Crippen LogP contribution in [0, 0.1) is 0 Å². The van der Waals surface area contributed by atoms with Crippen LogP contribution >= 0.6 is 23.2 Å². The molecule has 0 unspecified atom stereocenters. The Balaban J connectivity index is 2.29. The summed E-state index contributed by atoms with van der Waals surface area (Å²) >= 11 is 11.8. The summed E-state index contributed by atoms with van der Waals surface area (Å²) in [6.07, 6.45) is 0. The van der Waals surface area contributed by atoms with Gasteiger partial charge in [0.2, 0.25) is 0 Å². The highest BCUT2D eigenvalue weighted by Gasteiger charge is 2.16. The Morgan fingerprint density at radius 1 is 1.44 bits per heavy atom. The van der Waals surface area contributed by atoms with Gasteiger partial charge in [0.05, 0.1) is 22.7 Å². The van der Waals surface area contributed by atoms with Gasteiger partial charge in [-0.15, -0.1) is 5.10 Å². The molecule has 0 spiro atoms. The van der Waals surface area contributed by atoms with Crippen molar-refractivity contribution in [1.29, 1.82) is 0 Å². The lowest BCUT2D eigenvalue weighted by Crippen LogP contribution is -2.14. The molecule has 94 valence electrons. The summed E-state index contributed by atoms with van der Waals surface area (Å²) in [4.78, 5) is 13.1. The van der Waals surface area contributed by atoms with Crippen LogP contribution in [-0.2, 0) is 7.05 Å². The van der Waals surface area contributed by atoms with Crippen LogP contribution in [0.5, 0.6) is 0 Å². The van der Waals surface area contributed by atoms with Crippen LogP contribution in [0.25, 0.3) is 0 Å². The van der Waals surface area contributed by atoms with Crippen molar-refractivity contribution in [2.45, 2.75) is 0 Å². The van der Waals surface area contributed by atoms with Gasteiger partial charge in [-0.3, -0.25) is 10.1 Å². The summed E-state index contributed by atoms with van der Waals surface area (Å²) in [6.45, 7) is 0. The number of rotatable bonds is 2. The number of hydrogen-bond acceptors (Lipinski definition) is 5. The molecule has 18 heavy (non-hydrogen) atoms. The number of anilines is 2. The van der Waals surface area contributed by atoms with Gasteiger partial charge in [0, 0.05) is 5.69 Å². The molecular weight excluding hydrogens is 279 g/mol. The Morgan fingerprint density at radius 3 is 2.78 bits per heavy atom. The van der Waals surface area contributed by atoms with Gasteiger partial charge < -0.3 is 5.73 Å². The Kier molecular flexibility index (Phi) is 3.35. The predicted molar refractivity (Wildman–Crippen MR) is 67.6 cm³/mol. The normalized spacial score (nSPS) is 10.4. The molecule has 0 aliphatic rings. The lowest BCUT2D eigenvalue weighted by Gasteiger charge is -2.06. The van der Waals surface area contributed by atoms with Gasteiger partial charge in [0.15, 0.2) is 0 Å². The van der Waals surface area contributed by atoms with Crippen LogP contribution in [-0.4, -0.2) is 26.1 Å². The maximum atomic E-state index is 11.9. The monoisotopic (exact) mass is 286 g/mol. The van der Waals surface area contributed by atoms with Gasteiger partial charge in [-0.05, 0) is 17.3 Å². The van der Waals surface area contributed by atoms with Crippen LogP contribution in [0.4, 0.5) is 11.6 Å². The molecule has 7 nitrogen and oxygen atoms in total. The van der Waals surface area contributed by atoms with Crippen molar-refractivity contribution in [3.05, 3.63) is 27.7 Å². The minimum Gasteiger partial charge on any atom is -0.399 e. The van der Waals surface area contributed by atoms with Gasteiger partial charge >= 0.3 is 0 Å². The van der Waals surface area contributed by atoms with E-state index in [4.69, 9.17) is 28.9 Å². The number of amides is 1. The Labute approximate surface area is 112 Å². The second-order valence-corrected chi connectivity index (χ2v) is 4.21. The maximum absolute atomic E-state index is 11.9. The van der Waals surface area contributed by atoms with E-state index in [1.807, 2.05) is 0 Å². The third-order valence-electron chi connectivity index (χ3n) is 2.03. The number of aromatic nitrogens is 4. The van der Waals surface area contributed by atoms with Crippen molar-refractivity contribution in [3.8, 4) is 0 Å². The largest absolute Gasteiger partial charge is 0.399 e. The second-order valence-electron chi connectivity index (χ2n) is 3.42. The Morgan fingerprint density at radius 2 is 2.17 bits per heavy atom. The zero-order chi connectivity index (χ0) is 13.3. The van der Waals surface area contributed by atoms with Gasteiger partial charge in [0.25, 0.3) is 11.9 Å². The molecule has 1 aromatic carbocycles. The van der Waals surface area contributed by atoms with Gasteiger partial charge in [-0.25, -0.2) is 0 Å². The number of halogens is 2. The summed E-state index contributed by atoms with van der Waals surface area (Å²) in [5.74, 6) is -0.445. The fourth-order valence-corrected chi connectivity index (χ4v) is 1.70. The first-order valence-electron chi connectivity index (χ1n) is 4.77. The first kappa shape index (κ1) is 12.6. The molecule has 3 N–H and O–H groups in total. The van der Waals surface area contributed by atoms with Crippen molar-refractivity contribution in [2.75, 3.05) is 11.1 Å². The van der Waals surface area contributed by atoms with Crippen molar-refractivity contribution >= 4 is 40.7 Å². The number of hydrogen-bond donors (Lipinski definition) is 2. The number of nitrogens with two attached hydrogens (primary N) is 1. The summed E-state index contributed by atoms with van der Waals surface area (Å²) in [5, 5.41) is 13.8. The fourth-order valence-electron chi connectivity index (χ4n) is 1.28. The van der Waals surface area contributed by atoms with E-state index in [9.17, 15) is 4.79 Å². The van der Waals surface area contributed by atoms with Gasteiger partial charge in [0.1, 0.15) is 0 Å². The van der Waals surface area contributed by atoms with Gasteiger partial charge in [-0.1, -0.05) is 28.3 Å². The highest BCUT2D eigenvalue weighted by molar-refractivity contribution is 6.44. The minimum atomic E-state index is -0.512. The lowest BCUT2D eigenvalue weighted by molar-refractivity contribution is 0.102. The smallest absolute Gasteiger partial charge is 0.270 e. The molecule has 0 bridgehead atoms. The molecule has 1 aromatic heterocycles. The molecule has 0 fully saturated rings. The number of nitrogen functional groups attached to an aromatic ring is 1. The molecule has 2 aromatic rings. The highest BCUT2D eigenvalue weighted by Crippen LogP contribution is 2.29. The van der Waals surface area contributed by atoms with E-state index in [1.54, 1.807) is 7.05 Å². The molecular formula is C9H8Cl2N6O. The van der Waals surface area contributed by atoms with Crippen molar-refractivity contribution < 1.29 is 4.79 Å². The van der Waals surface area contributed by atoms with E-state index in [2.05, 4.69) is 20.7 Å². The standard InChI is InChI=1S/C9H8Cl2N6O/c1-17-15-9(14-16-17)13-8(18)5-2-4(12)3-6(10)7(5)11/h2-3H,12H2,1H3,(H,13,15,18). The van der Waals surface area contributed by atoms with Crippen molar-refractivity contribution in [2.24, 2.45) is 7.05 Å². The quantitative estimate of drug-likeness (QED) is 0.812. The Hall–Kier alpha value is -1.86. The maximum Gasteiger partial charge on any atom is 0.270 e. The molecule has 0 aliphatic heterocycles. The van der Waals surface area contributed by atoms with Crippen LogP contribution in [0.15, 0.2) is 12.1 Å². The summed E-state index contributed by atoms with van der Waals surface area (Å²) < 4.78 is 0. The van der Waals surface area contributed by atoms with E-state index in [0.717, 1.165) is 0 Å². The fraction of sp³-hybridized carbons (Fsp3) is 0.111. The molecule has 0 radical (unpaired) electrons. The Bertz CT molecular complexity index is 611. The van der Waals surface area contributed by atoms with Crippen LogP contribution < -0.4 is 11.1 Å². The highest BCUT2D eigenvalue weighted by atomic mass is 35.5. The van der Waals surface area contributed by atoms with E-state index in [-0.39, 0.29) is 21.6 Å². The number of nitrogens with zero attached hydrogens (tertiary/aromatic N) is 4. The molecule has 0 saturated heterocycles. The van der Waals surface area contributed by atoms with Crippen molar-refractivity contribution in [1.82, 2.24) is 20.2 Å². The predicted octanol–water partition coefficient (Wildman–Crippen LogP) is 1.35. The van der Waals surface area contributed by atoms with E-state index >= 15 is 0 Å². The van der Waals surface area contributed by atoms with Crippen LogP contribution in [0.2, 0.25) is 10.0 Å². The molecule has 1 heterocycles. The summed E-state index contributed by atoms with van der Waals surface area (Å²) in [5.41, 5.74) is 6.08. The number of aryl methyl sites for hydroxylation is 1. The van der Waals surface area contributed by atoms with Crippen LogP contribution in [0.3, 0.4) is 0 Å². The van der Waals surface area contributed by atoms with Gasteiger partial charge in [-0.2, -0.15) is 4.80 Å². The first-order chi connectivity index (χ1) is 8.47. The summed E-state index contributed by atoms with van der Waals surface area (Å²) in [7, 11) is 1.58. The average Bonchev–Trinajstić information content (AvgIpc) is 2.69. The minimum absolute atomic E-state index is 0.0668. The summed E-state index contributed by atoms with van der Waals surface area (Å²) in [6, 6.07) is 2.88. The molecule has 2 rings (SSSR count). The number of benzene rings is 1. The van der Waals surface area contributed by atoms with E-state index in [1.165, 1.54) is 16.9 Å². The number of carbonyl (C=O) groups is 1. The second kappa shape index (κ2) is 4.79. The third kappa shape index (κ3) is 2.52. The number of nitrogens with one attached hydrogen (secondary N) is 1. The zero-order valence-corrected chi connectivity index (χ0v) is 10.7. The lowest BCUT2D eigenvalue weighted by atomic mass is 10.2.